The number of aromatic amines is 1. The van der Waals surface area contributed by atoms with Crippen LogP contribution < -0.4 is 24.4 Å². The first-order valence-electron chi connectivity index (χ1n) is 12.9. The summed E-state index contributed by atoms with van der Waals surface area (Å²) in [6.07, 6.45) is 1.38. The molecule has 0 saturated heterocycles. The Balaban J connectivity index is 1.40. The summed E-state index contributed by atoms with van der Waals surface area (Å²) < 4.78 is 21.6. The van der Waals surface area contributed by atoms with Crippen molar-refractivity contribution in [2.24, 2.45) is 5.10 Å². The highest BCUT2D eigenvalue weighted by Crippen LogP contribution is 2.39. The number of ether oxygens (including phenoxy) is 4. The van der Waals surface area contributed by atoms with Crippen molar-refractivity contribution in [1.29, 1.82) is 0 Å². The molecule has 43 heavy (non-hydrogen) atoms. The number of nitrogens with one attached hydrogen (secondary N) is 2. The van der Waals surface area contributed by atoms with Crippen molar-refractivity contribution in [3.63, 3.8) is 0 Å². The first-order valence-corrected chi connectivity index (χ1v) is 13.6. The molecule has 0 bridgehead atoms. The summed E-state index contributed by atoms with van der Waals surface area (Å²) in [5, 5.41) is 5.79. The summed E-state index contributed by atoms with van der Waals surface area (Å²) in [6.45, 7) is 0. The second-order valence-corrected chi connectivity index (χ2v) is 9.87. The Morgan fingerprint density at radius 1 is 0.814 bits per heavy atom. The van der Waals surface area contributed by atoms with Crippen molar-refractivity contribution in [2.75, 3.05) is 21.3 Å². The molecule has 1 heterocycles. The normalized spacial score (nSPS) is 11.0. The van der Waals surface area contributed by atoms with Crippen molar-refractivity contribution < 1.29 is 28.5 Å². The van der Waals surface area contributed by atoms with E-state index in [1.807, 2.05) is 24.3 Å². The SMILES string of the molecule is COc1cc(C(=O)Oc2ccccc2C=NNC(=O)c2[nH]c3c(Cl)cccc3c2-c2ccccc2Cl)cc(OC)c1OC. The van der Waals surface area contributed by atoms with Crippen LogP contribution in [-0.4, -0.2) is 44.4 Å². The highest BCUT2D eigenvalue weighted by atomic mass is 35.5. The molecule has 0 atom stereocenters. The number of rotatable bonds is 9. The number of methoxy groups -OCH3 is 3. The van der Waals surface area contributed by atoms with E-state index in [2.05, 4.69) is 15.5 Å². The van der Waals surface area contributed by atoms with Crippen molar-refractivity contribution in [2.45, 2.75) is 0 Å². The minimum Gasteiger partial charge on any atom is -0.493 e. The summed E-state index contributed by atoms with van der Waals surface area (Å²) in [6, 6.07) is 22.3. The van der Waals surface area contributed by atoms with Gasteiger partial charge in [-0.3, -0.25) is 4.79 Å². The molecule has 4 aromatic carbocycles. The van der Waals surface area contributed by atoms with Crippen LogP contribution in [0.5, 0.6) is 23.0 Å². The average Bonchev–Trinajstić information content (AvgIpc) is 3.42. The van der Waals surface area contributed by atoms with Crippen LogP contribution in [-0.2, 0) is 0 Å². The van der Waals surface area contributed by atoms with E-state index in [-0.39, 0.29) is 17.0 Å². The van der Waals surface area contributed by atoms with Crippen LogP contribution in [0, 0.1) is 0 Å². The first kappa shape index (κ1) is 29.5. The van der Waals surface area contributed by atoms with E-state index in [1.165, 1.54) is 39.7 Å². The number of para-hydroxylation sites is 2. The van der Waals surface area contributed by atoms with Gasteiger partial charge in [0, 0.05) is 27.1 Å². The predicted octanol–water partition coefficient (Wildman–Crippen LogP) is 7.15. The molecule has 0 fully saturated rings. The maximum absolute atomic E-state index is 13.4. The number of nitrogens with zero attached hydrogens (tertiary/aromatic N) is 1. The van der Waals surface area contributed by atoms with E-state index in [0.717, 1.165) is 5.39 Å². The van der Waals surface area contributed by atoms with Gasteiger partial charge in [-0.1, -0.05) is 65.7 Å². The maximum atomic E-state index is 13.4. The number of hydrogen-bond acceptors (Lipinski definition) is 7. The molecular weight excluding hydrogens is 593 g/mol. The van der Waals surface area contributed by atoms with Crippen LogP contribution in [0.3, 0.4) is 0 Å². The highest BCUT2D eigenvalue weighted by Gasteiger charge is 2.22. The molecule has 11 heteroatoms. The molecule has 0 aliphatic heterocycles. The van der Waals surface area contributed by atoms with Gasteiger partial charge in [-0.2, -0.15) is 5.10 Å². The Bertz CT molecular complexity index is 1840. The van der Waals surface area contributed by atoms with Gasteiger partial charge in [0.25, 0.3) is 5.91 Å². The maximum Gasteiger partial charge on any atom is 0.343 e. The van der Waals surface area contributed by atoms with E-state index in [4.69, 9.17) is 42.1 Å². The number of H-pyrrole nitrogens is 1. The van der Waals surface area contributed by atoms with Gasteiger partial charge in [0.05, 0.1) is 43.6 Å². The fourth-order valence-electron chi connectivity index (χ4n) is 4.55. The molecule has 0 aliphatic carbocycles. The fraction of sp³-hybridized carbons (Fsp3) is 0.0938. The molecule has 1 amide bonds. The minimum atomic E-state index is -0.663. The Kier molecular flexibility index (Phi) is 8.85. The Labute approximate surface area is 256 Å². The molecule has 1 aromatic heterocycles. The molecule has 0 spiro atoms. The molecule has 2 N–H and O–H groups in total. The summed E-state index contributed by atoms with van der Waals surface area (Å²) in [4.78, 5) is 29.6. The van der Waals surface area contributed by atoms with E-state index in [9.17, 15) is 9.59 Å². The zero-order valence-electron chi connectivity index (χ0n) is 23.2. The zero-order valence-corrected chi connectivity index (χ0v) is 24.7. The molecule has 9 nitrogen and oxygen atoms in total. The van der Waals surface area contributed by atoms with Gasteiger partial charge in [0.2, 0.25) is 5.75 Å². The Morgan fingerprint density at radius 3 is 2.19 bits per heavy atom. The number of hydrazone groups is 1. The Hall–Kier alpha value is -4.99. The number of hydrogen-bond donors (Lipinski definition) is 2. The first-order chi connectivity index (χ1) is 20.9. The summed E-state index contributed by atoms with van der Waals surface area (Å²) in [5.41, 5.74) is 5.24. The second-order valence-electron chi connectivity index (χ2n) is 9.06. The molecule has 0 saturated carbocycles. The van der Waals surface area contributed by atoms with Crippen LogP contribution in [0.2, 0.25) is 10.0 Å². The number of fused-ring (bicyclic) bond motifs is 1. The van der Waals surface area contributed by atoms with Gasteiger partial charge >= 0.3 is 5.97 Å². The molecule has 218 valence electrons. The molecular formula is C32H25Cl2N3O6. The molecule has 0 radical (unpaired) electrons. The number of carbonyl (C=O) groups is 2. The number of aromatic nitrogens is 1. The van der Waals surface area contributed by atoms with Gasteiger partial charge in [-0.05, 0) is 36.4 Å². The van der Waals surface area contributed by atoms with Crippen molar-refractivity contribution in [3.8, 4) is 34.1 Å². The average molecular weight is 618 g/mol. The molecule has 5 aromatic rings. The van der Waals surface area contributed by atoms with E-state index >= 15 is 0 Å². The minimum absolute atomic E-state index is 0.180. The molecule has 0 unspecified atom stereocenters. The lowest BCUT2D eigenvalue weighted by atomic mass is 10.0. The van der Waals surface area contributed by atoms with Crippen LogP contribution in [0.4, 0.5) is 0 Å². The predicted molar refractivity (Wildman–Crippen MR) is 166 cm³/mol. The number of benzene rings is 4. The lowest BCUT2D eigenvalue weighted by Crippen LogP contribution is -2.19. The number of halogens is 2. The smallest absolute Gasteiger partial charge is 0.343 e. The third-order valence-electron chi connectivity index (χ3n) is 6.55. The summed E-state index contributed by atoms with van der Waals surface area (Å²) >= 11 is 12.9. The van der Waals surface area contributed by atoms with E-state index < -0.39 is 11.9 Å². The van der Waals surface area contributed by atoms with Crippen LogP contribution in [0.15, 0.2) is 84.0 Å². The second kappa shape index (κ2) is 12.9. The largest absolute Gasteiger partial charge is 0.493 e. The molecule has 5 rings (SSSR count). The van der Waals surface area contributed by atoms with Crippen molar-refractivity contribution in [1.82, 2.24) is 10.4 Å². The number of amides is 1. The molecule has 0 aliphatic rings. The van der Waals surface area contributed by atoms with Crippen molar-refractivity contribution >= 4 is 52.2 Å². The van der Waals surface area contributed by atoms with Crippen LogP contribution >= 0.6 is 23.2 Å². The Morgan fingerprint density at radius 2 is 1.49 bits per heavy atom. The monoisotopic (exact) mass is 617 g/mol. The van der Waals surface area contributed by atoms with Gasteiger partial charge in [-0.25, -0.2) is 10.2 Å². The lowest BCUT2D eigenvalue weighted by molar-refractivity contribution is 0.0733. The standard InChI is InChI=1S/C32H25Cl2N3O6/c1-40-25-15-19(16-26(41-2)30(25)42-3)32(39)43-24-14-7-4-9-18(24)17-35-37-31(38)29-27(20-10-5-6-12-22(20)33)21-11-8-13-23(34)28(21)36-29/h4-17,36H,1-3H3,(H,37,38). The van der Waals surface area contributed by atoms with E-state index in [0.29, 0.717) is 49.5 Å². The van der Waals surface area contributed by atoms with Crippen molar-refractivity contribution in [3.05, 3.63) is 106 Å². The number of carbonyl (C=O) groups excluding carboxylic acids is 2. The fourth-order valence-corrected chi connectivity index (χ4v) is 5.00. The third-order valence-corrected chi connectivity index (χ3v) is 7.19. The van der Waals surface area contributed by atoms with Gasteiger partial charge in [-0.15, -0.1) is 0 Å². The summed E-state index contributed by atoms with van der Waals surface area (Å²) in [7, 11) is 4.38. The quantitative estimate of drug-likeness (QED) is 0.0786. The third kappa shape index (κ3) is 5.99. The van der Waals surface area contributed by atoms with E-state index in [1.54, 1.807) is 42.5 Å². The lowest BCUT2D eigenvalue weighted by Gasteiger charge is -2.14. The topological polar surface area (TPSA) is 111 Å². The van der Waals surface area contributed by atoms with Gasteiger partial charge in [0.15, 0.2) is 11.5 Å². The highest BCUT2D eigenvalue weighted by molar-refractivity contribution is 6.37. The zero-order chi connectivity index (χ0) is 30.5. The van der Waals surface area contributed by atoms with Gasteiger partial charge < -0.3 is 23.9 Å². The van der Waals surface area contributed by atoms with Crippen LogP contribution in [0.1, 0.15) is 26.4 Å². The summed E-state index contributed by atoms with van der Waals surface area (Å²) in [5.74, 6) is -0.0106. The number of esters is 1. The van der Waals surface area contributed by atoms with Gasteiger partial charge in [0.1, 0.15) is 11.4 Å². The van der Waals surface area contributed by atoms with Crippen LogP contribution in [0.25, 0.3) is 22.0 Å².